The van der Waals surface area contributed by atoms with Crippen LogP contribution in [-0.4, -0.2) is 119 Å². The Hall–Kier alpha value is -5.91. The van der Waals surface area contributed by atoms with Gasteiger partial charge < -0.3 is 19.5 Å². The molecule has 0 spiro atoms. The molecule has 0 aliphatic rings. The van der Waals surface area contributed by atoms with Crippen molar-refractivity contribution in [3.05, 3.63) is 77.9 Å². The van der Waals surface area contributed by atoms with Gasteiger partial charge in [-0.05, 0) is 73.1 Å². The number of aromatic amines is 1. The number of rotatable bonds is 24. The molecule has 3 aromatic carbocycles. The summed E-state index contributed by atoms with van der Waals surface area (Å²) in [7, 11) is 0. The molecule has 0 saturated heterocycles. The van der Waals surface area contributed by atoms with Crippen LogP contribution in [0.1, 0.15) is 61.4 Å². The van der Waals surface area contributed by atoms with Crippen LogP contribution in [0.4, 0.5) is 0 Å². The number of fused-ring (bicyclic) bond motifs is 1. The molecule has 0 bridgehead atoms. The van der Waals surface area contributed by atoms with Crippen LogP contribution < -0.4 is 10.1 Å². The summed E-state index contributed by atoms with van der Waals surface area (Å²) in [6, 6.07) is 19.6. The number of benzene rings is 3. The number of hydrogen-bond acceptors (Lipinski definition) is 18. The number of tetrazole rings is 1. The minimum absolute atomic E-state index is 0.0164. The second-order valence-electron chi connectivity index (χ2n) is 12.6. The summed E-state index contributed by atoms with van der Waals surface area (Å²) in [5.41, 5.74) is 4.66. The van der Waals surface area contributed by atoms with E-state index in [1.165, 1.54) is 0 Å². The summed E-state index contributed by atoms with van der Waals surface area (Å²) < 4.78 is 18.3. The largest absolute Gasteiger partial charge is 0.466 e. The lowest BCUT2D eigenvalue weighted by Gasteiger charge is -2.18. The molecule has 58 heavy (non-hydrogen) atoms. The van der Waals surface area contributed by atoms with E-state index in [-0.39, 0.29) is 57.4 Å². The maximum atomic E-state index is 14.1. The summed E-state index contributed by atoms with van der Waals surface area (Å²) >= 11 is 0. The topological polar surface area (TPSA) is 269 Å². The molecular formula is C37H45N9O12. The van der Waals surface area contributed by atoms with Crippen molar-refractivity contribution in [1.82, 2.24) is 46.3 Å². The molecule has 5 aromatic rings. The number of nitrogens with zero attached hydrogens (tertiary/aromatic N) is 7. The number of imidazole rings is 1. The Kier molecular flexibility index (Phi) is 16.5. The first-order valence-corrected chi connectivity index (χ1v) is 18.4. The van der Waals surface area contributed by atoms with E-state index in [2.05, 4.69) is 40.6 Å². The van der Waals surface area contributed by atoms with E-state index in [4.69, 9.17) is 35.0 Å². The van der Waals surface area contributed by atoms with Gasteiger partial charge in [0.1, 0.15) is 6.04 Å². The standard InChI is InChI=1S/C37H45N9O12/c1-2-54-37-39-30-13-9-12-29(33(30)44(37)24-25-14-16-26(17-15-25)27-10-3-4-11-28(27)34-40-42-43-41-34)35(48)38-31(36(49)56-21-6-8-23-58-46(52)53)18-19-32(47)55-20-5-7-22-57-45(50)51/h3-4,9-17,31,50-53H,2,5-8,18-24H2,1H3,(H,38,48)(H,40,41,42,43). The minimum atomic E-state index is -1.25. The Morgan fingerprint density at radius 3 is 2.16 bits per heavy atom. The average molecular weight is 808 g/mol. The molecule has 21 heteroatoms. The van der Waals surface area contributed by atoms with E-state index in [1.54, 1.807) is 22.8 Å². The fourth-order valence-corrected chi connectivity index (χ4v) is 5.89. The van der Waals surface area contributed by atoms with Gasteiger partial charge in [-0.3, -0.25) is 44.7 Å². The lowest BCUT2D eigenvalue weighted by atomic mass is 9.98. The number of amides is 1. The van der Waals surface area contributed by atoms with Gasteiger partial charge in [0.15, 0.2) is 0 Å². The third kappa shape index (κ3) is 12.5. The van der Waals surface area contributed by atoms with Crippen LogP contribution in [0.5, 0.6) is 6.01 Å². The lowest BCUT2D eigenvalue weighted by molar-refractivity contribution is -0.492. The van der Waals surface area contributed by atoms with Gasteiger partial charge in [-0.25, -0.2) is 4.79 Å². The molecule has 0 saturated carbocycles. The van der Waals surface area contributed by atoms with Crippen molar-refractivity contribution in [2.45, 2.75) is 58.0 Å². The number of H-pyrrole nitrogens is 1. The van der Waals surface area contributed by atoms with Gasteiger partial charge in [-0.2, -0.15) is 10.2 Å². The molecule has 2 aromatic heterocycles. The molecule has 2 heterocycles. The van der Waals surface area contributed by atoms with Crippen LogP contribution in [0.25, 0.3) is 33.5 Å². The van der Waals surface area contributed by atoms with Crippen molar-refractivity contribution >= 4 is 28.9 Å². The Labute approximate surface area is 331 Å². The number of ether oxygens (including phenoxy) is 3. The number of carbonyl (C=O) groups excluding carboxylic acids is 3. The van der Waals surface area contributed by atoms with Crippen molar-refractivity contribution in [3.8, 4) is 28.5 Å². The molecule has 0 radical (unpaired) electrons. The highest BCUT2D eigenvalue weighted by Crippen LogP contribution is 2.31. The Balaban J connectivity index is 1.33. The van der Waals surface area contributed by atoms with Crippen LogP contribution in [0.2, 0.25) is 0 Å². The Morgan fingerprint density at radius 2 is 1.50 bits per heavy atom. The molecule has 21 nitrogen and oxygen atoms in total. The van der Waals surface area contributed by atoms with Gasteiger partial charge in [0.05, 0.1) is 67.0 Å². The van der Waals surface area contributed by atoms with Gasteiger partial charge in [0.25, 0.3) is 11.9 Å². The highest BCUT2D eigenvalue weighted by atomic mass is 17.1. The fraction of sp³-hybridized carbons (Fsp3) is 0.378. The van der Waals surface area contributed by atoms with E-state index in [0.29, 0.717) is 49.1 Å². The fourth-order valence-electron chi connectivity index (χ4n) is 5.89. The third-order valence-corrected chi connectivity index (χ3v) is 8.59. The molecule has 1 atom stereocenters. The molecule has 6 N–H and O–H groups in total. The number of esters is 2. The summed E-state index contributed by atoms with van der Waals surface area (Å²) in [5.74, 6) is -1.58. The zero-order chi connectivity index (χ0) is 41.3. The van der Waals surface area contributed by atoms with Crippen molar-refractivity contribution < 1.29 is 59.1 Å². The van der Waals surface area contributed by atoms with E-state index in [0.717, 1.165) is 22.3 Å². The summed E-state index contributed by atoms with van der Waals surface area (Å²) in [6.45, 7) is 2.29. The summed E-state index contributed by atoms with van der Waals surface area (Å²) in [5, 5.41) is 50.9. The average Bonchev–Trinajstić information content (AvgIpc) is 3.88. The van der Waals surface area contributed by atoms with E-state index >= 15 is 0 Å². The van der Waals surface area contributed by atoms with Gasteiger partial charge in [0, 0.05) is 12.0 Å². The van der Waals surface area contributed by atoms with Crippen molar-refractivity contribution in [1.29, 1.82) is 0 Å². The van der Waals surface area contributed by atoms with Crippen LogP contribution >= 0.6 is 0 Å². The Morgan fingerprint density at radius 1 is 0.828 bits per heavy atom. The van der Waals surface area contributed by atoms with Gasteiger partial charge in [0.2, 0.25) is 5.82 Å². The minimum Gasteiger partial charge on any atom is -0.466 e. The second kappa shape index (κ2) is 22.1. The van der Waals surface area contributed by atoms with E-state index in [9.17, 15) is 14.4 Å². The molecule has 1 unspecified atom stereocenters. The maximum absolute atomic E-state index is 14.1. The molecule has 1 amide bonds. The van der Waals surface area contributed by atoms with Crippen molar-refractivity contribution in [2.24, 2.45) is 0 Å². The molecule has 0 fully saturated rings. The van der Waals surface area contributed by atoms with Crippen LogP contribution in [0.3, 0.4) is 0 Å². The number of para-hydroxylation sites is 1. The number of unbranched alkanes of at least 4 members (excludes halogenated alkanes) is 2. The Bertz CT molecular complexity index is 2060. The third-order valence-electron chi connectivity index (χ3n) is 8.59. The number of aromatic nitrogens is 6. The van der Waals surface area contributed by atoms with Gasteiger partial charge in [-0.1, -0.05) is 54.6 Å². The SMILES string of the molecule is CCOc1nc2cccc(C(=O)NC(CCC(=O)OCCCCON(O)O)C(=O)OCCCCON(O)O)c2n1Cc1ccc(-c2ccccc2-c2nn[nH]n2)cc1. The van der Waals surface area contributed by atoms with Crippen LogP contribution in [0, 0.1) is 0 Å². The van der Waals surface area contributed by atoms with Crippen LogP contribution in [-0.2, 0) is 35.3 Å². The van der Waals surface area contributed by atoms with Crippen LogP contribution in [0.15, 0.2) is 66.7 Å². The predicted molar refractivity (Wildman–Crippen MR) is 199 cm³/mol. The smallest absolute Gasteiger partial charge is 0.328 e. The first kappa shape index (κ1) is 43.2. The molecule has 5 rings (SSSR count). The number of carbonyl (C=O) groups is 3. The van der Waals surface area contributed by atoms with Gasteiger partial charge >= 0.3 is 11.9 Å². The zero-order valence-corrected chi connectivity index (χ0v) is 31.6. The monoisotopic (exact) mass is 807 g/mol. The first-order chi connectivity index (χ1) is 28.1. The van der Waals surface area contributed by atoms with E-state index in [1.807, 2.05) is 55.5 Å². The predicted octanol–water partition coefficient (Wildman–Crippen LogP) is 3.88. The first-order valence-electron chi connectivity index (χ1n) is 18.4. The molecule has 0 aliphatic carbocycles. The highest BCUT2D eigenvalue weighted by Gasteiger charge is 2.27. The van der Waals surface area contributed by atoms with Crippen molar-refractivity contribution in [3.63, 3.8) is 0 Å². The second-order valence-corrected chi connectivity index (χ2v) is 12.6. The summed E-state index contributed by atoms with van der Waals surface area (Å²) in [4.78, 5) is 53.6. The molecule has 310 valence electrons. The zero-order valence-electron chi connectivity index (χ0n) is 31.6. The quantitative estimate of drug-likeness (QED) is 0.0293. The maximum Gasteiger partial charge on any atom is 0.328 e. The number of nitrogens with one attached hydrogen (secondary N) is 2. The lowest BCUT2D eigenvalue weighted by Crippen LogP contribution is -2.42. The normalized spacial score (nSPS) is 11.9. The molecule has 0 aliphatic heterocycles. The van der Waals surface area contributed by atoms with Crippen molar-refractivity contribution in [2.75, 3.05) is 33.0 Å². The summed E-state index contributed by atoms with van der Waals surface area (Å²) in [6.07, 6.45) is 0.980. The van der Waals surface area contributed by atoms with Gasteiger partial charge in [-0.15, -0.1) is 10.2 Å². The highest BCUT2D eigenvalue weighted by molar-refractivity contribution is 6.06. The number of hydrogen-bond donors (Lipinski definition) is 6. The molecular weight excluding hydrogens is 762 g/mol. The van der Waals surface area contributed by atoms with E-state index < -0.39 is 34.7 Å².